The van der Waals surface area contributed by atoms with Crippen molar-refractivity contribution in [1.82, 2.24) is 9.78 Å². The monoisotopic (exact) mass is 278 g/mol. The molecule has 0 spiro atoms. The van der Waals surface area contributed by atoms with Crippen molar-refractivity contribution in [3.05, 3.63) is 29.1 Å². The lowest BCUT2D eigenvalue weighted by molar-refractivity contribution is 0.0142. The molecule has 0 unspecified atom stereocenters. The van der Waals surface area contributed by atoms with Crippen LogP contribution in [0.2, 0.25) is 0 Å². The van der Waals surface area contributed by atoms with Gasteiger partial charge in [-0.3, -0.25) is 4.68 Å². The molecule has 0 radical (unpaired) electrons. The van der Waals surface area contributed by atoms with Crippen molar-refractivity contribution in [3.63, 3.8) is 0 Å². The average Bonchev–Trinajstić information content (AvgIpc) is 3.15. The summed E-state index contributed by atoms with van der Waals surface area (Å²) >= 11 is 1.69. The zero-order valence-corrected chi connectivity index (χ0v) is 11.6. The summed E-state index contributed by atoms with van der Waals surface area (Å²) in [5, 5.41) is 8.71. The fraction of sp³-hybridized carbons (Fsp3) is 0.500. The number of rotatable bonds is 6. The van der Waals surface area contributed by atoms with Gasteiger partial charge >= 0.3 is 0 Å². The Kier molecular flexibility index (Phi) is 4.27. The van der Waals surface area contributed by atoms with Gasteiger partial charge in [-0.2, -0.15) is 16.4 Å². The van der Waals surface area contributed by atoms with E-state index in [0.717, 1.165) is 31.7 Å². The second-order valence-electron chi connectivity index (χ2n) is 4.69. The summed E-state index contributed by atoms with van der Waals surface area (Å²) in [7, 11) is 0. The predicted octanol–water partition coefficient (Wildman–Crippen LogP) is 2.81. The normalized spacial score (nSPS) is 19.1. The minimum Gasteiger partial charge on any atom is -0.377 e. The molecule has 1 aliphatic rings. The molecule has 1 atom stereocenters. The lowest BCUT2D eigenvalue weighted by Crippen LogP contribution is -2.16. The number of thiophene rings is 1. The first kappa shape index (κ1) is 12.8. The summed E-state index contributed by atoms with van der Waals surface area (Å²) < 4.78 is 13.1. The Balaban J connectivity index is 1.43. The Morgan fingerprint density at radius 3 is 3.26 bits per heavy atom. The maximum absolute atomic E-state index is 5.64. The van der Waals surface area contributed by atoms with Crippen LogP contribution < -0.4 is 0 Å². The third kappa shape index (κ3) is 3.43. The minimum atomic E-state index is 0.305. The fourth-order valence-corrected chi connectivity index (χ4v) is 2.85. The Morgan fingerprint density at radius 2 is 2.47 bits per heavy atom. The summed E-state index contributed by atoms with van der Waals surface area (Å²) in [6.07, 6.45) is 4.60. The maximum atomic E-state index is 5.64. The summed E-state index contributed by atoms with van der Waals surface area (Å²) in [6, 6.07) is 4.13. The number of nitrogens with zero attached hydrogens (tertiary/aromatic N) is 2. The fourth-order valence-electron chi connectivity index (χ4n) is 2.20. The van der Waals surface area contributed by atoms with Crippen LogP contribution in [0.1, 0.15) is 12.8 Å². The highest BCUT2D eigenvalue weighted by atomic mass is 32.1. The highest BCUT2D eigenvalue weighted by Gasteiger charge is 2.15. The van der Waals surface area contributed by atoms with Crippen molar-refractivity contribution in [2.75, 3.05) is 19.8 Å². The Labute approximate surface area is 117 Å². The van der Waals surface area contributed by atoms with Crippen molar-refractivity contribution in [3.8, 4) is 11.3 Å². The van der Waals surface area contributed by atoms with E-state index in [-0.39, 0.29) is 0 Å². The van der Waals surface area contributed by atoms with E-state index in [0.29, 0.717) is 19.3 Å². The smallest absolute Gasteiger partial charge is 0.0931 e. The summed E-state index contributed by atoms with van der Waals surface area (Å²) in [5.74, 6) is 0. The lowest BCUT2D eigenvalue weighted by atomic mass is 10.2. The zero-order chi connectivity index (χ0) is 12.9. The lowest BCUT2D eigenvalue weighted by Gasteiger charge is -2.09. The number of hydrogen-bond donors (Lipinski definition) is 0. The van der Waals surface area contributed by atoms with Gasteiger partial charge in [0.1, 0.15) is 0 Å². The molecule has 1 aliphatic heterocycles. The molecular weight excluding hydrogens is 260 g/mol. The summed E-state index contributed by atoms with van der Waals surface area (Å²) in [5.41, 5.74) is 2.21. The van der Waals surface area contributed by atoms with E-state index in [2.05, 4.69) is 21.9 Å². The van der Waals surface area contributed by atoms with Gasteiger partial charge in [0.05, 0.1) is 31.6 Å². The SMILES string of the molecule is c1cc(-c2ccn(CCOC[C@@H]3CCCO3)n2)cs1. The van der Waals surface area contributed by atoms with Gasteiger partial charge in [0.25, 0.3) is 0 Å². The first-order chi connectivity index (χ1) is 9.42. The van der Waals surface area contributed by atoms with Crippen LogP contribution in [-0.2, 0) is 16.0 Å². The molecule has 102 valence electrons. The van der Waals surface area contributed by atoms with E-state index in [1.807, 2.05) is 16.9 Å². The topological polar surface area (TPSA) is 36.3 Å². The highest BCUT2D eigenvalue weighted by molar-refractivity contribution is 7.08. The average molecular weight is 278 g/mol. The van der Waals surface area contributed by atoms with Gasteiger partial charge < -0.3 is 9.47 Å². The Morgan fingerprint density at radius 1 is 1.47 bits per heavy atom. The van der Waals surface area contributed by atoms with Crippen LogP contribution in [0.15, 0.2) is 29.1 Å². The molecule has 5 heteroatoms. The molecule has 0 saturated carbocycles. The van der Waals surface area contributed by atoms with Gasteiger partial charge in [0.2, 0.25) is 0 Å². The minimum absolute atomic E-state index is 0.305. The summed E-state index contributed by atoms with van der Waals surface area (Å²) in [4.78, 5) is 0. The number of aromatic nitrogens is 2. The van der Waals surface area contributed by atoms with Crippen LogP contribution in [0, 0.1) is 0 Å². The molecule has 0 aliphatic carbocycles. The molecule has 1 saturated heterocycles. The molecular formula is C14H18N2O2S. The molecule has 0 aromatic carbocycles. The van der Waals surface area contributed by atoms with Crippen molar-refractivity contribution in [2.24, 2.45) is 0 Å². The van der Waals surface area contributed by atoms with Crippen molar-refractivity contribution >= 4 is 11.3 Å². The molecule has 1 fully saturated rings. The predicted molar refractivity (Wildman–Crippen MR) is 75.3 cm³/mol. The molecule has 19 heavy (non-hydrogen) atoms. The van der Waals surface area contributed by atoms with E-state index in [1.54, 1.807) is 11.3 Å². The first-order valence-corrected chi connectivity index (χ1v) is 7.61. The van der Waals surface area contributed by atoms with Crippen LogP contribution in [0.3, 0.4) is 0 Å². The van der Waals surface area contributed by atoms with Gasteiger partial charge in [-0.05, 0) is 30.4 Å². The Bertz CT molecular complexity index is 489. The number of ether oxygens (including phenoxy) is 2. The largest absolute Gasteiger partial charge is 0.377 e. The molecule has 0 N–H and O–H groups in total. The maximum Gasteiger partial charge on any atom is 0.0931 e. The van der Waals surface area contributed by atoms with E-state index < -0.39 is 0 Å². The van der Waals surface area contributed by atoms with Crippen molar-refractivity contribution < 1.29 is 9.47 Å². The second kappa shape index (κ2) is 6.32. The van der Waals surface area contributed by atoms with Crippen LogP contribution in [0.4, 0.5) is 0 Å². The second-order valence-corrected chi connectivity index (χ2v) is 5.47. The van der Waals surface area contributed by atoms with Gasteiger partial charge in [-0.25, -0.2) is 0 Å². The highest BCUT2D eigenvalue weighted by Crippen LogP contribution is 2.19. The zero-order valence-electron chi connectivity index (χ0n) is 10.8. The van der Waals surface area contributed by atoms with E-state index in [1.165, 1.54) is 5.56 Å². The van der Waals surface area contributed by atoms with E-state index >= 15 is 0 Å². The third-order valence-corrected chi connectivity index (χ3v) is 3.93. The molecule has 0 bridgehead atoms. The van der Waals surface area contributed by atoms with E-state index in [9.17, 15) is 0 Å². The molecule has 2 aromatic heterocycles. The van der Waals surface area contributed by atoms with Crippen molar-refractivity contribution in [2.45, 2.75) is 25.5 Å². The number of hydrogen-bond acceptors (Lipinski definition) is 4. The van der Waals surface area contributed by atoms with Crippen LogP contribution in [0.5, 0.6) is 0 Å². The molecule has 2 aromatic rings. The van der Waals surface area contributed by atoms with Crippen LogP contribution in [0.25, 0.3) is 11.3 Å². The van der Waals surface area contributed by atoms with Crippen LogP contribution >= 0.6 is 11.3 Å². The Hall–Kier alpha value is -1.17. The summed E-state index contributed by atoms with van der Waals surface area (Å²) in [6.45, 7) is 3.07. The molecule has 0 amide bonds. The van der Waals surface area contributed by atoms with Crippen LogP contribution in [-0.4, -0.2) is 35.7 Å². The molecule has 3 rings (SSSR count). The molecule has 3 heterocycles. The third-order valence-electron chi connectivity index (χ3n) is 3.25. The quantitative estimate of drug-likeness (QED) is 0.762. The van der Waals surface area contributed by atoms with Gasteiger partial charge in [-0.15, -0.1) is 0 Å². The van der Waals surface area contributed by atoms with Gasteiger partial charge in [0, 0.05) is 23.7 Å². The first-order valence-electron chi connectivity index (χ1n) is 6.67. The van der Waals surface area contributed by atoms with E-state index in [4.69, 9.17) is 9.47 Å². The van der Waals surface area contributed by atoms with Crippen molar-refractivity contribution in [1.29, 1.82) is 0 Å². The van der Waals surface area contributed by atoms with Gasteiger partial charge in [0.15, 0.2) is 0 Å². The standard InChI is InChI=1S/C14H18N2O2S/c1-2-13(18-7-1)10-17-8-6-16-5-3-14(15-16)12-4-9-19-11-12/h3-5,9,11,13H,1-2,6-8,10H2/t13-/m0/s1. The molecule has 4 nitrogen and oxygen atoms in total. The van der Waals surface area contributed by atoms with Gasteiger partial charge in [-0.1, -0.05) is 0 Å².